The van der Waals surface area contributed by atoms with Gasteiger partial charge in [0.15, 0.2) is 0 Å². The van der Waals surface area contributed by atoms with Crippen LogP contribution in [-0.4, -0.2) is 18.1 Å². The lowest BCUT2D eigenvalue weighted by molar-refractivity contribution is 0.119. The van der Waals surface area contributed by atoms with Gasteiger partial charge in [0.1, 0.15) is 11.1 Å². The zero-order valence-corrected chi connectivity index (χ0v) is 11.1. The van der Waals surface area contributed by atoms with E-state index >= 15 is 0 Å². The van der Waals surface area contributed by atoms with E-state index < -0.39 is 0 Å². The molecule has 1 unspecified atom stereocenters. The molecule has 4 heteroatoms. The van der Waals surface area contributed by atoms with Gasteiger partial charge in [-0.2, -0.15) is 0 Å². The van der Waals surface area contributed by atoms with Crippen molar-refractivity contribution in [2.45, 2.75) is 51.8 Å². The van der Waals surface area contributed by atoms with Gasteiger partial charge in [0, 0.05) is 24.6 Å². The third-order valence-corrected chi connectivity index (χ3v) is 4.22. The average molecular weight is 240 g/mol. The first kappa shape index (κ1) is 12.0. The van der Waals surface area contributed by atoms with Crippen molar-refractivity contribution in [2.24, 2.45) is 0 Å². The summed E-state index contributed by atoms with van der Waals surface area (Å²) in [6, 6.07) is 0.759. The minimum atomic E-state index is 0.116. The Labute approximate surface area is 101 Å². The number of rotatable bonds is 6. The molecule has 16 heavy (non-hydrogen) atoms. The number of nitrogens with one attached hydrogen (secondary N) is 1. The number of hydrogen-bond donors (Lipinski definition) is 1. The van der Waals surface area contributed by atoms with Crippen LogP contribution in [0.1, 0.15) is 48.4 Å². The minimum Gasteiger partial charge on any atom is -0.375 e. The summed E-state index contributed by atoms with van der Waals surface area (Å²) in [6.07, 6.45) is 3.79. The van der Waals surface area contributed by atoms with E-state index in [2.05, 4.69) is 24.1 Å². The number of aryl methyl sites for hydroxylation is 1. The van der Waals surface area contributed by atoms with Crippen LogP contribution in [-0.2, 0) is 17.7 Å². The van der Waals surface area contributed by atoms with E-state index in [1.54, 1.807) is 18.4 Å². The topological polar surface area (TPSA) is 34.1 Å². The maximum absolute atomic E-state index is 5.31. The van der Waals surface area contributed by atoms with Gasteiger partial charge in [-0.15, -0.1) is 11.3 Å². The van der Waals surface area contributed by atoms with Crippen LogP contribution in [0.2, 0.25) is 0 Å². The normalized spacial score (nSPS) is 17.7. The summed E-state index contributed by atoms with van der Waals surface area (Å²) in [4.78, 5) is 6.03. The Hall–Kier alpha value is -0.450. The van der Waals surface area contributed by atoms with E-state index in [0.29, 0.717) is 0 Å². The summed E-state index contributed by atoms with van der Waals surface area (Å²) < 4.78 is 5.31. The zero-order chi connectivity index (χ0) is 11.5. The maximum atomic E-state index is 5.31. The van der Waals surface area contributed by atoms with Crippen molar-refractivity contribution in [1.29, 1.82) is 0 Å². The van der Waals surface area contributed by atoms with Crippen LogP contribution in [0.5, 0.6) is 0 Å². The third kappa shape index (κ3) is 2.81. The largest absolute Gasteiger partial charge is 0.375 e. The lowest BCUT2D eigenvalue weighted by Crippen LogP contribution is -2.15. The summed E-state index contributed by atoms with van der Waals surface area (Å²) in [7, 11) is 1.74. The van der Waals surface area contributed by atoms with Gasteiger partial charge in [0.25, 0.3) is 0 Å². The van der Waals surface area contributed by atoms with E-state index in [4.69, 9.17) is 4.74 Å². The van der Waals surface area contributed by atoms with Crippen LogP contribution in [0.15, 0.2) is 0 Å². The summed E-state index contributed by atoms with van der Waals surface area (Å²) in [5.74, 6) is 0. The maximum Gasteiger partial charge on any atom is 0.122 e. The quantitative estimate of drug-likeness (QED) is 0.830. The van der Waals surface area contributed by atoms with Crippen molar-refractivity contribution in [3.8, 4) is 0 Å². The summed E-state index contributed by atoms with van der Waals surface area (Å²) in [5.41, 5.74) is 1.23. The highest BCUT2D eigenvalue weighted by atomic mass is 32.1. The minimum absolute atomic E-state index is 0.116. The molecule has 1 aliphatic carbocycles. The van der Waals surface area contributed by atoms with Gasteiger partial charge in [0.2, 0.25) is 0 Å². The van der Waals surface area contributed by atoms with Gasteiger partial charge in [-0.1, -0.05) is 6.92 Å². The van der Waals surface area contributed by atoms with Crippen LogP contribution >= 0.6 is 11.3 Å². The van der Waals surface area contributed by atoms with E-state index in [-0.39, 0.29) is 6.10 Å². The molecule has 1 aromatic heterocycles. The molecule has 3 nitrogen and oxygen atoms in total. The Bertz CT molecular complexity index is 347. The number of aromatic nitrogens is 1. The van der Waals surface area contributed by atoms with Crippen LogP contribution in [0, 0.1) is 0 Å². The van der Waals surface area contributed by atoms with Crippen molar-refractivity contribution in [2.75, 3.05) is 7.11 Å². The van der Waals surface area contributed by atoms with E-state index in [0.717, 1.165) is 24.0 Å². The number of thiazole rings is 1. The second-order valence-electron chi connectivity index (χ2n) is 4.31. The van der Waals surface area contributed by atoms with Crippen molar-refractivity contribution in [1.82, 2.24) is 10.3 Å². The predicted octanol–water partition coefficient (Wildman–Crippen LogP) is 2.66. The Kier molecular flexibility index (Phi) is 3.95. The fourth-order valence-corrected chi connectivity index (χ4v) is 2.75. The lowest BCUT2D eigenvalue weighted by atomic mass is 10.3. The van der Waals surface area contributed by atoms with E-state index in [1.165, 1.54) is 23.4 Å². The molecule has 0 saturated heterocycles. The first-order valence-corrected chi connectivity index (χ1v) is 6.80. The van der Waals surface area contributed by atoms with Gasteiger partial charge < -0.3 is 10.1 Å². The molecule has 0 aliphatic heterocycles. The second kappa shape index (κ2) is 5.25. The molecule has 0 bridgehead atoms. The summed E-state index contributed by atoms with van der Waals surface area (Å²) in [5, 5.41) is 4.65. The molecule has 1 atom stereocenters. The fraction of sp³-hybridized carbons (Fsp3) is 0.750. The van der Waals surface area contributed by atoms with Crippen molar-refractivity contribution in [3.05, 3.63) is 15.6 Å². The Morgan fingerprint density at radius 1 is 1.56 bits per heavy atom. The number of nitrogens with zero attached hydrogens (tertiary/aromatic N) is 1. The SMILES string of the molecule is CCc1nc(C(C)OC)sc1CNC1CC1. The molecule has 0 radical (unpaired) electrons. The van der Waals surface area contributed by atoms with Gasteiger partial charge in [-0.05, 0) is 26.2 Å². The summed E-state index contributed by atoms with van der Waals surface area (Å²) >= 11 is 1.79. The Morgan fingerprint density at radius 2 is 2.31 bits per heavy atom. The number of hydrogen-bond acceptors (Lipinski definition) is 4. The first-order valence-electron chi connectivity index (χ1n) is 5.99. The van der Waals surface area contributed by atoms with Crippen LogP contribution in [0.3, 0.4) is 0 Å². The van der Waals surface area contributed by atoms with Crippen LogP contribution in [0.25, 0.3) is 0 Å². The highest BCUT2D eigenvalue weighted by Crippen LogP contribution is 2.27. The highest BCUT2D eigenvalue weighted by Gasteiger charge is 2.21. The van der Waals surface area contributed by atoms with Crippen molar-refractivity contribution >= 4 is 11.3 Å². The molecule has 0 spiro atoms. The summed E-state index contributed by atoms with van der Waals surface area (Å²) in [6.45, 7) is 5.19. The number of ether oxygens (including phenoxy) is 1. The second-order valence-corrected chi connectivity index (χ2v) is 5.42. The third-order valence-electron chi connectivity index (χ3n) is 2.96. The zero-order valence-electron chi connectivity index (χ0n) is 10.2. The molecule has 1 aromatic rings. The molecule has 1 fully saturated rings. The molecule has 0 aromatic carbocycles. The molecule has 1 heterocycles. The highest BCUT2D eigenvalue weighted by molar-refractivity contribution is 7.11. The Morgan fingerprint density at radius 3 is 2.88 bits per heavy atom. The van der Waals surface area contributed by atoms with Gasteiger partial charge >= 0.3 is 0 Å². The van der Waals surface area contributed by atoms with Gasteiger partial charge in [-0.3, -0.25) is 0 Å². The standard InChI is InChI=1S/C12H20N2OS/c1-4-10-11(7-13-9-5-6-9)16-12(14-10)8(2)15-3/h8-9,13H,4-7H2,1-3H3. The first-order chi connectivity index (χ1) is 7.74. The average Bonchev–Trinajstić information content (AvgIpc) is 3.04. The molecule has 1 saturated carbocycles. The van der Waals surface area contributed by atoms with Crippen LogP contribution < -0.4 is 5.32 Å². The molecular formula is C12H20N2OS. The lowest BCUT2D eigenvalue weighted by Gasteiger charge is -2.03. The van der Waals surface area contributed by atoms with Crippen LogP contribution in [0.4, 0.5) is 0 Å². The molecule has 90 valence electrons. The van der Waals surface area contributed by atoms with Crippen molar-refractivity contribution < 1.29 is 4.74 Å². The molecule has 0 amide bonds. The van der Waals surface area contributed by atoms with E-state index in [1.807, 2.05) is 0 Å². The molecule has 1 N–H and O–H groups in total. The predicted molar refractivity (Wildman–Crippen MR) is 66.8 cm³/mol. The van der Waals surface area contributed by atoms with Gasteiger partial charge in [0.05, 0.1) is 5.69 Å². The number of methoxy groups -OCH3 is 1. The van der Waals surface area contributed by atoms with Crippen molar-refractivity contribution in [3.63, 3.8) is 0 Å². The molecule has 2 rings (SSSR count). The fourth-order valence-electron chi connectivity index (χ4n) is 1.62. The van der Waals surface area contributed by atoms with E-state index in [9.17, 15) is 0 Å². The Balaban J connectivity index is 2.05. The smallest absolute Gasteiger partial charge is 0.122 e. The monoisotopic (exact) mass is 240 g/mol. The van der Waals surface area contributed by atoms with Gasteiger partial charge in [-0.25, -0.2) is 4.98 Å². The molecule has 1 aliphatic rings. The molecular weight excluding hydrogens is 220 g/mol.